The zero-order chi connectivity index (χ0) is 62.8. The quantitative estimate of drug-likeness (QED) is 0.0222. The molecule has 0 rings (SSSR count). The summed E-state index contributed by atoms with van der Waals surface area (Å²) in [5.74, 6) is -1.40. The largest absolute Gasteiger partial charge is 0.472 e. The first-order valence-electron chi connectivity index (χ1n) is 34.6. The van der Waals surface area contributed by atoms with E-state index in [-0.39, 0.29) is 25.7 Å². The molecule has 504 valence electrons. The minimum Gasteiger partial charge on any atom is -0.462 e. The Hall–Kier alpha value is -1.94. The van der Waals surface area contributed by atoms with Crippen LogP contribution in [0, 0.1) is 5.92 Å². The lowest BCUT2D eigenvalue weighted by atomic mass is 10.0. The standard InChI is InChI=1S/C66H128O17P2/c1-6-9-12-15-17-19-21-22-23-24-25-26-27-28-32-37-42-47-52-66(71)83-62(56-77-64(69)50-45-40-35-33-29-30-34-39-43-48-59(4)5)58-81-85(74,75)79-54-60(67)53-78-84(72,73)80-57-61(55-76-63(68)49-44-38-14-11-8-3)82-65(70)51-46-41-36-31-20-18-16-13-10-7-2/h59-62,67H,6-58H2,1-5H3,(H,72,73)(H,74,75)/t60-,61+,62+/m0/s1. The molecular formula is C66H128O17P2. The smallest absolute Gasteiger partial charge is 0.462 e. The van der Waals surface area contributed by atoms with Gasteiger partial charge in [-0.05, 0) is 31.6 Å². The molecule has 85 heavy (non-hydrogen) atoms. The third-order valence-electron chi connectivity index (χ3n) is 15.3. The molecule has 0 aliphatic carbocycles. The van der Waals surface area contributed by atoms with E-state index in [0.717, 1.165) is 102 Å². The Morgan fingerprint density at radius 2 is 0.541 bits per heavy atom. The number of esters is 4. The van der Waals surface area contributed by atoms with Crippen LogP contribution < -0.4 is 0 Å². The molecule has 2 unspecified atom stereocenters. The van der Waals surface area contributed by atoms with Crippen molar-refractivity contribution in [3.63, 3.8) is 0 Å². The number of aliphatic hydroxyl groups excluding tert-OH is 1. The second-order valence-electron chi connectivity index (χ2n) is 24.3. The van der Waals surface area contributed by atoms with Crippen LogP contribution in [0.3, 0.4) is 0 Å². The van der Waals surface area contributed by atoms with Crippen LogP contribution in [0.1, 0.15) is 336 Å². The lowest BCUT2D eigenvalue weighted by Gasteiger charge is -2.21. The Balaban J connectivity index is 5.14. The number of carbonyl (C=O) groups excluding carboxylic acids is 4. The van der Waals surface area contributed by atoms with Gasteiger partial charge in [0.15, 0.2) is 12.2 Å². The molecule has 0 fully saturated rings. The number of rotatable bonds is 66. The molecule has 0 aromatic carbocycles. The van der Waals surface area contributed by atoms with Crippen molar-refractivity contribution in [1.29, 1.82) is 0 Å². The fourth-order valence-corrected chi connectivity index (χ4v) is 11.5. The molecule has 0 saturated carbocycles. The van der Waals surface area contributed by atoms with Crippen molar-refractivity contribution in [2.24, 2.45) is 5.92 Å². The summed E-state index contributed by atoms with van der Waals surface area (Å²) >= 11 is 0. The van der Waals surface area contributed by atoms with Gasteiger partial charge in [0.05, 0.1) is 26.4 Å². The molecular weight excluding hydrogens is 1130 g/mol. The summed E-state index contributed by atoms with van der Waals surface area (Å²) in [6, 6.07) is 0. The van der Waals surface area contributed by atoms with Crippen LogP contribution in [0.4, 0.5) is 0 Å². The van der Waals surface area contributed by atoms with Gasteiger partial charge in [-0.1, -0.05) is 285 Å². The van der Waals surface area contributed by atoms with Crippen LogP contribution in [0.15, 0.2) is 0 Å². The van der Waals surface area contributed by atoms with Crippen molar-refractivity contribution in [3.8, 4) is 0 Å². The normalized spacial score (nSPS) is 14.2. The average molecular weight is 1260 g/mol. The molecule has 19 heteroatoms. The maximum absolute atomic E-state index is 13.0. The number of hydrogen-bond acceptors (Lipinski definition) is 15. The highest BCUT2D eigenvalue weighted by molar-refractivity contribution is 7.47. The highest BCUT2D eigenvalue weighted by Crippen LogP contribution is 2.45. The molecule has 17 nitrogen and oxygen atoms in total. The summed E-state index contributed by atoms with van der Waals surface area (Å²) in [7, 11) is -9.88. The van der Waals surface area contributed by atoms with Gasteiger partial charge < -0.3 is 33.8 Å². The van der Waals surface area contributed by atoms with E-state index in [2.05, 4.69) is 34.6 Å². The molecule has 3 N–H and O–H groups in total. The van der Waals surface area contributed by atoms with E-state index in [4.69, 9.17) is 37.0 Å². The fourth-order valence-electron chi connectivity index (χ4n) is 9.94. The Kier molecular flexibility index (Phi) is 58.3. The number of carbonyl (C=O) groups is 4. The van der Waals surface area contributed by atoms with E-state index in [1.54, 1.807) is 0 Å². The number of phosphoric ester groups is 2. The van der Waals surface area contributed by atoms with Crippen molar-refractivity contribution < 1.29 is 80.2 Å². The van der Waals surface area contributed by atoms with Gasteiger partial charge in [0, 0.05) is 25.7 Å². The highest BCUT2D eigenvalue weighted by Gasteiger charge is 2.30. The summed E-state index contributed by atoms with van der Waals surface area (Å²) in [5.41, 5.74) is 0. The van der Waals surface area contributed by atoms with Gasteiger partial charge in [-0.15, -0.1) is 0 Å². The fraction of sp³-hybridized carbons (Fsp3) is 0.939. The van der Waals surface area contributed by atoms with Crippen molar-refractivity contribution in [2.75, 3.05) is 39.6 Å². The highest BCUT2D eigenvalue weighted by atomic mass is 31.2. The molecule has 0 radical (unpaired) electrons. The van der Waals surface area contributed by atoms with Gasteiger partial charge in [-0.25, -0.2) is 9.13 Å². The van der Waals surface area contributed by atoms with Crippen LogP contribution >= 0.6 is 15.6 Å². The van der Waals surface area contributed by atoms with E-state index < -0.39 is 97.5 Å². The molecule has 0 spiro atoms. The maximum Gasteiger partial charge on any atom is 0.472 e. The third kappa shape index (κ3) is 60.7. The number of unbranched alkanes of at least 4 members (excludes halogenated alkanes) is 38. The summed E-state index contributed by atoms with van der Waals surface area (Å²) in [5, 5.41) is 10.5. The van der Waals surface area contributed by atoms with Gasteiger partial charge in [-0.3, -0.25) is 37.3 Å². The zero-order valence-corrected chi connectivity index (χ0v) is 56.5. The predicted molar refractivity (Wildman–Crippen MR) is 340 cm³/mol. The number of ether oxygens (including phenoxy) is 4. The van der Waals surface area contributed by atoms with E-state index >= 15 is 0 Å². The molecule has 0 bridgehead atoms. The van der Waals surface area contributed by atoms with Gasteiger partial charge in [0.2, 0.25) is 0 Å². The number of aliphatic hydroxyl groups is 1. The summed E-state index contributed by atoms with van der Waals surface area (Å²) in [4.78, 5) is 72.0. The topological polar surface area (TPSA) is 237 Å². The van der Waals surface area contributed by atoms with Crippen LogP contribution in [0.5, 0.6) is 0 Å². The first-order valence-corrected chi connectivity index (χ1v) is 37.6. The minimum atomic E-state index is -4.95. The Bertz CT molecular complexity index is 1650. The summed E-state index contributed by atoms with van der Waals surface area (Å²) in [6.07, 6.45) is 44.9. The first-order chi connectivity index (χ1) is 41.0. The van der Waals surface area contributed by atoms with Gasteiger partial charge >= 0.3 is 39.5 Å². The third-order valence-corrected chi connectivity index (χ3v) is 17.2. The second kappa shape index (κ2) is 59.7. The lowest BCUT2D eigenvalue weighted by Crippen LogP contribution is -2.30. The Morgan fingerprint density at radius 3 is 0.800 bits per heavy atom. The molecule has 5 atom stereocenters. The zero-order valence-electron chi connectivity index (χ0n) is 54.7. The van der Waals surface area contributed by atoms with Gasteiger partial charge in [-0.2, -0.15) is 0 Å². The lowest BCUT2D eigenvalue weighted by molar-refractivity contribution is -0.161. The minimum absolute atomic E-state index is 0.106. The van der Waals surface area contributed by atoms with E-state index in [1.807, 2.05) is 0 Å². The number of phosphoric acid groups is 2. The molecule has 0 heterocycles. The number of hydrogen-bond donors (Lipinski definition) is 3. The van der Waals surface area contributed by atoms with Crippen molar-refractivity contribution in [3.05, 3.63) is 0 Å². The molecule has 0 saturated heterocycles. The van der Waals surface area contributed by atoms with Crippen molar-refractivity contribution >= 4 is 39.5 Å². The molecule has 0 aromatic rings. The van der Waals surface area contributed by atoms with E-state index in [0.29, 0.717) is 25.7 Å². The monoisotopic (exact) mass is 1250 g/mol. The average Bonchev–Trinajstić information content (AvgIpc) is 3.47. The van der Waals surface area contributed by atoms with Crippen LogP contribution in [-0.2, 0) is 65.4 Å². The molecule has 0 aliphatic heterocycles. The maximum atomic E-state index is 13.0. The molecule has 0 amide bonds. The Morgan fingerprint density at radius 1 is 0.318 bits per heavy atom. The van der Waals surface area contributed by atoms with Crippen molar-refractivity contribution in [1.82, 2.24) is 0 Å². The van der Waals surface area contributed by atoms with Crippen molar-refractivity contribution in [2.45, 2.75) is 355 Å². The van der Waals surface area contributed by atoms with Crippen LogP contribution in [0.25, 0.3) is 0 Å². The predicted octanol–water partition coefficient (Wildman–Crippen LogP) is 18.6. The summed E-state index contributed by atoms with van der Waals surface area (Å²) < 4.78 is 67.9. The molecule has 0 aromatic heterocycles. The second-order valence-corrected chi connectivity index (χ2v) is 27.2. The Labute approximate surface area is 517 Å². The van der Waals surface area contributed by atoms with Crippen LogP contribution in [0.2, 0.25) is 0 Å². The van der Waals surface area contributed by atoms with E-state index in [1.165, 1.54) is 154 Å². The van der Waals surface area contributed by atoms with E-state index in [9.17, 15) is 43.2 Å². The van der Waals surface area contributed by atoms with Gasteiger partial charge in [0.25, 0.3) is 0 Å². The summed E-state index contributed by atoms with van der Waals surface area (Å²) in [6.45, 7) is 7.10. The SMILES string of the molecule is CCCCCCCCCCCCCCCCCCCCC(=O)O[C@H](COC(=O)CCCCCCCCCCCC(C)C)COP(=O)(O)OC[C@@H](O)COP(=O)(O)OC[C@@H](COC(=O)CCCCCCC)OC(=O)CCCCCCCCCCCC. The van der Waals surface area contributed by atoms with Crippen LogP contribution in [-0.4, -0.2) is 96.7 Å². The molecule has 0 aliphatic rings. The first kappa shape index (κ1) is 83.1. The van der Waals surface area contributed by atoms with Gasteiger partial charge in [0.1, 0.15) is 19.3 Å².